The molecule has 0 atom stereocenters. The molecule has 2 aromatic carbocycles. The lowest BCUT2D eigenvalue weighted by Crippen LogP contribution is -2.02. The predicted octanol–water partition coefficient (Wildman–Crippen LogP) is 4.70. The standard InChI is InChI=1S/C21H20N2O/c1-3-16(2)21-19(13-14-24)15-22-23(21)20-11-9-18(10-12-20)17-7-5-4-6-8-17/h3-12,14-15H,13H2,1-2H3/b16-3+. The maximum absolute atomic E-state index is 10.9. The Morgan fingerprint density at radius 2 is 1.71 bits per heavy atom. The predicted molar refractivity (Wildman–Crippen MR) is 98.1 cm³/mol. The number of nitrogens with zero attached hydrogens (tertiary/aromatic N) is 2. The van der Waals surface area contributed by atoms with Gasteiger partial charge in [-0.2, -0.15) is 5.10 Å². The molecule has 0 aliphatic heterocycles. The number of allylic oxidation sites excluding steroid dienone is 2. The van der Waals surface area contributed by atoms with Crippen LogP contribution in [0.5, 0.6) is 0 Å². The van der Waals surface area contributed by atoms with Gasteiger partial charge in [0.1, 0.15) is 6.29 Å². The van der Waals surface area contributed by atoms with Crippen LogP contribution in [0.1, 0.15) is 25.1 Å². The normalized spacial score (nSPS) is 11.5. The van der Waals surface area contributed by atoms with Crippen LogP contribution in [-0.2, 0) is 11.2 Å². The minimum atomic E-state index is 0.378. The molecule has 0 amide bonds. The fraction of sp³-hybridized carbons (Fsp3) is 0.143. The van der Waals surface area contributed by atoms with Crippen molar-refractivity contribution in [1.82, 2.24) is 9.78 Å². The van der Waals surface area contributed by atoms with Crippen LogP contribution in [-0.4, -0.2) is 16.1 Å². The Kier molecular flexibility index (Phi) is 4.71. The molecule has 3 rings (SSSR count). The zero-order chi connectivity index (χ0) is 16.9. The summed E-state index contributed by atoms with van der Waals surface area (Å²) in [6.07, 6.45) is 5.12. The van der Waals surface area contributed by atoms with Gasteiger partial charge >= 0.3 is 0 Å². The second-order valence-corrected chi connectivity index (χ2v) is 5.69. The summed E-state index contributed by atoms with van der Waals surface area (Å²) in [5.41, 5.74) is 6.41. The smallest absolute Gasteiger partial charge is 0.124 e. The van der Waals surface area contributed by atoms with Gasteiger partial charge in [0.15, 0.2) is 0 Å². The van der Waals surface area contributed by atoms with Gasteiger partial charge in [-0.3, -0.25) is 0 Å². The molecule has 1 aromatic heterocycles. The number of aldehydes is 1. The van der Waals surface area contributed by atoms with Crippen LogP contribution in [0.2, 0.25) is 0 Å². The lowest BCUT2D eigenvalue weighted by atomic mass is 10.0. The maximum Gasteiger partial charge on any atom is 0.124 e. The lowest BCUT2D eigenvalue weighted by Gasteiger charge is -2.10. The molecule has 3 aromatic rings. The first-order valence-corrected chi connectivity index (χ1v) is 8.04. The molecule has 3 heteroatoms. The van der Waals surface area contributed by atoms with Gasteiger partial charge < -0.3 is 4.79 Å². The quantitative estimate of drug-likeness (QED) is 0.639. The third kappa shape index (κ3) is 3.06. The Hall–Kier alpha value is -2.94. The zero-order valence-electron chi connectivity index (χ0n) is 13.9. The van der Waals surface area contributed by atoms with E-state index in [1.165, 1.54) is 11.1 Å². The number of rotatable bonds is 5. The Labute approximate surface area is 142 Å². The van der Waals surface area contributed by atoms with Gasteiger partial charge in [0.05, 0.1) is 17.6 Å². The lowest BCUT2D eigenvalue weighted by molar-refractivity contribution is -0.107. The van der Waals surface area contributed by atoms with E-state index in [9.17, 15) is 4.79 Å². The number of carbonyl (C=O) groups is 1. The summed E-state index contributed by atoms with van der Waals surface area (Å²) in [7, 11) is 0. The van der Waals surface area contributed by atoms with Crippen LogP contribution < -0.4 is 0 Å². The van der Waals surface area contributed by atoms with Crippen molar-refractivity contribution in [3.05, 3.63) is 78.1 Å². The van der Waals surface area contributed by atoms with Crippen molar-refractivity contribution in [2.75, 3.05) is 0 Å². The van der Waals surface area contributed by atoms with Crippen LogP contribution in [0.3, 0.4) is 0 Å². The van der Waals surface area contributed by atoms with Gasteiger partial charge in [-0.15, -0.1) is 0 Å². The van der Waals surface area contributed by atoms with E-state index in [0.29, 0.717) is 6.42 Å². The van der Waals surface area contributed by atoms with Crippen LogP contribution >= 0.6 is 0 Å². The second kappa shape index (κ2) is 7.09. The van der Waals surface area contributed by atoms with Crippen molar-refractivity contribution < 1.29 is 4.79 Å². The van der Waals surface area contributed by atoms with Crippen molar-refractivity contribution in [2.45, 2.75) is 20.3 Å². The maximum atomic E-state index is 10.9. The van der Waals surface area contributed by atoms with Crippen LogP contribution in [0.4, 0.5) is 0 Å². The molecule has 0 fully saturated rings. The zero-order valence-corrected chi connectivity index (χ0v) is 13.9. The van der Waals surface area contributed by atoms with Crippen molar-refractivity contribution >= 4 is 11.9 Å². The van der Waals surface area contributed by atoms with Crippen LogP contribution in [0.15, 0.2) is 66.9 Å². The summed E-state index contributed by atoms with van der Waals surface area (Å²) in [5.74, 6) is 0. The fourth-order valence-corrected chi connectivity index (χ4v) is 2.80. The minimum absolute atomic E-state index is 0.378. The van der Waals surface area contributed by atoms with Gasteiger partial charge in [-0.1, -0.05) is 48.5 Å². The summed E-state index contributed by atoms with van der Waals surface area (Å²) in [6, 6.07) is 18.6. The molecule has 0 bridgehead atoms. The largest absolute Gasteiger partial charge is 0.303 e. The van der Waals surface area contributed by atoms with Crippen LogP contribution in [0, 0.1) is 0 Å². The number of hydrogen-bond acceptors (Lipinski definition) is 2. The fourth-order valence-electron chi connectivity index (χ4n) is 2.80. The van der Waals surface area contributed by atoms with E-state index in [2.05, 4.69) is 41.5 Å². The van der Waals surface area contributed by atoms with Crippen molar-refractivity contribution in [3.8, 4) is 16.8 Å². The molecular weight excluding hydrogens is 296 g/mol. The topological polar surface area (TPSA) is 34.9 Å². The van der Waals surface area contributed by atoms with E-state index >= 15 is 0 Å². The highest BCUT2D eigenvalue weighted by Crippen LogP contribution is 2.25. The second-order valence-electron chi connectivity index (χ2n) is 5.69. The molecule has 0 saturated heterocycles. The molecule has 0 unspecified atom stereocenters. The summed E-state index contributed by atoms with van der Waals surface area (Å²) < 4.78 is 1.91. The number of aromatic nitrogens is 2. The van der Waals surface area contributed by atoms with E-state index in [-0.39, 0.29) is 0 Å². The van der Waals surface area contributed by atoms with Gasteiger partial charge in [-0.25, -0.2) is 4.68 Å². The van der Waals surface area contributed by atoms with Crippen molar-refractivity contribution in [2.24, 2.45) is 0 Å². The molecule has 0 N–H and O–H groups in total. The third-order valence-corrected chi connectivity index (χ3v) is 4.17. The highest BCUT2D eigenvalue weighted by Gasteiger charge is 2.13. The molecule has 0 spiro atoms. The van der Waals surface area contributed by atoms with Crippen molar-refractivity contribution in [1.29, 1.82) is 0 Å². The van der Waals surface area contributed by atoms with Crippen LogP contribution in [0.25, 0.3) is 22.4 Å². The van der Waals surface area contributed by atoms with Gasteiger partial charge in [-0.05, 0) is 42.7 Å². The Balaban J connectivity index is 2.02. The monoisotopic (exact) mass is 316 g/mol. The number of hydrogen-bond donors (Lipinski definition) is 0. The number of carbonyl (C=O) groups excluding carboxylic acids is 1. The highest BCUT2D eigenvalue weighted by atomic mass is 16.1. The SMILES string of the molecule is C/C=C(\C)c1c(CC=O)cnn1-c1ccc(-c2ccccc2)cc1. The minimum Gasteiger partial charge on any atom is -0.303 e. The summed E-state index contributed by atoms with van der Waals surface area (Å²) >= 11 is 0. The molecule has 0 aliphatic rings. The average molecular weight is 316 g/mol. The molecular formula is C21H20N2O. The van der Waals surface area contributed by atoms with E-state index in [0.717, 1.165) is 28.8 Å². The van der Waals surface area contributed by atoms with Crippen molar-refractivity contribution in [3.63, 3.8) is 0 Å². The summed E-state index contributed by atoms with van der Waals surface area (Å²) in [4.78, 5) is 10.9. The van der Waals surface area contributed by atoms with E-state index in [4.69, 9.17) is 0 Å². The van der Waals surface area contributed by atoms with Gasteiger partial charge in [0, 0.05) is 12.0 Å². The summed E-state index contributed by atoms with van der Waals surface area (Å²) in [5, 5.41) is 4.49. The highest BCUT2D eigenvalue weighted by molar-refractivity contribution is 5.69. The first kappa shape index (κ1) is 15.9. The molecule has 0 radical (unpaired) electrons. The first-order valence-electron chi connectivity index (χ1n) is 8.04. The Morgan fingerprint density at radius 3 is 2.33 bits per heavy atom. The molecule has 0 saturated carbocycles. The molecule has 24 heavy (non-hydrogen) atoms. The Morgan fingerprint density at radius 1 is 1.04 bits per heavy atom. The molecule has 120 valence electrons. The Bertz CT molecular complexity index is 859. The molecule has 0 aliphatic carbocycles. The molecule has 3 nitrogen and oxygen atoms in total. The third-order valence-electron chi connectivity index (χ3n) is 4.17. The van der Waals surface area contributed by atoms with E-state index in [1.807, 2.05) is 42.8 Å². The molecule has 1 heterocycles. The number of benzene rings is 2. The van der Waals surface area contributed by atoms with Gasteiger partial charge in [0.2, 0.25) is 0 Å². The van der Waals surface area contributed by atoms with E-state index in [1.54, 1.807) is 6.20 Å². The first-order chi connectivity index (χ1) is 11.7. The average Bonchev–Trinajstić information content (AvgIpc) is 3.06. The van der Waals surface area contributed by atoms with Gasteiger partial charge in [0.25, 0.3) is 0 Å². The summed E-state index contributed by atoms with van der Waals surface area (Å²) in [6.45, 7) is 4.04. The van der Waals surface area contributed by atoms with E-state index < -0.39 is 0 Å².